The lowest BCUT2D eigenvalue weighted by Crippen LogP contribution is -2.27. The highest BCUT2D eigenvalue weighted by molar-refractivity contribution is 7.91. The Morgan fingerprint density at radius 2 is 1.85 bits per heavy atom. The number of benzene rings is 1. The molecule has 0 spiro atoms. The van der Waals surface area contributed by atoms with Gasteiger partial charge in [0.2, 0.25) is 5.91 Å². The molecule has 1 fully saturated rings. The minimum Gasteiger partial charge on any atom is -0.399 e. The van der Waals surface area contributed by atoms with E-state index in [0.717, 1.165) is 25.0 Å². The van der Waals surface area contributed by atoms with E-state index >= 15 is 0 Å². The van der Waals surface area contributed by atoms with E-state index in [1.165, 1.54) is 0 Å². The maximum atomic E-state index is 13.6. The van der Waals surface area contributed by atoms with Crippen molar-refractivity contribution in [2.24, 2.45) is 0 Å². The molecule has 0 heterocycles. The summed E-state index contributed by atoms with van der Waals surface area (Å²) in [5, 5.41) is 2.61. The van der Waals surface area contributed by atoms with Gasteiger partial charge in [0.15, 0.2) is 9.84 Å². The molecule has 1 aromatic carbocycles. The first-order chi connectivity index (χ1) is 9.29. The maximum Gasteiger partial charge on any atom is 0.221 e. The van der Waals surface area contributed by atoms with Crippen molar-refractivity contribution in [3.63, 3.8) is 0 Å². The van der Waals surface area contributed by atoms with Crippen LogP contribution < -0.4 is 11.1 Å². The number of carbonyl (C=O) groups is 1. The van der Waals surface area contributed by atoms with Gasteiger partial charge in [0.25, 0.3) is 0 Å². The Kier molecular flexibility index (Phi) is 3.94. The van der Waals surface area contributed by atoms with Crippen LogP contribution >= 0.6 is 0 Å². The molecular formula is C12H14F2N2O3S. The average Bonchev–Trinajstić information content (AvgIpc) is 3.08. The third-order valence-electron chi connectivity index (χ3n) is 2.87. The summed E-state index contributed by atoms with van der Waals surface area (Å²) < 4.78 is 50.9. The number of nitrogens with two attached hydrogens (primary N) is 1. The van der Waals surface area contributed by atoms with Crippen molar-refractivity contribution in [2.45, 2.75) is 30.2 Å². The van der Waals surface area contributed by atoms with Crippen molar-refractivity contribution in [1.82, 2.24) is 5.32 Å². The zero-order valence-electron chi connectivity index (χ0n) is 10.5. The second-order valence-corrected chi connectivity index (χ2v) is 6.77. The van der Waals surface area contributed by atoms with E-state index in [2.05, 4.69) is 5.32 Å². The first kappa shape index (κ1) is 14.7. The summed E-state index contributed by atoms with van der Waals surface area (Å²) >= 11 is 0. The van der Waals surface area contributed by atoms with Crippen molar-refractivity contribution in [1.29, 1.82) is 0 Å². The normalized spacial score (nSPS) is 15.1. The number of rotatable bonds is 5. The van der Waals surface area contributed by atoms with Crippen LogP contribution in [0.15, 0.2) is 17.0 Å². The van der Waals surface area contributed by atoms with Crippen LogP contribution in [0.5, 0.6) is 0 Å². The third-order valence-corrected chi connectivity index (χ3v) is 4.63. The summed E-state index contributed by atoms with van der Waals surface area (Å²) in [7, 11) is -4.22. The highest BCUT2D eigenvalue weighted by atomic mass is 32.2. The molecule has 110 valence electrons. The molecule has 0 atom stereocenters. The molecule has 0 unspecified atom stereocenters. The van der Waals surface area contributed by atoms with Crippen LogP contribution in [0, 0.1) is 11.6 Å². The fourth-order valence-electron chi connectivity index (χ4n) is 1.73. The van der Waals surface area contributed by atoms with Gasteiger partial charge in [-0.25, -0.2) is 17.2 Å². The van der Waals surface area contributed by atoms with Gasteiger partial charge < -0.3 is 11.1 Å². The molecule has 0 saturated heterocycles. The molecule has 0 bridgehead atoms. The van der Waals surface area contributed by atoms with Gasteiger partial charge in [-0.3, -0.25) is 4.79 Å². The minimum atomic E-state index is -4.22. The van der Waals surface area contributed by atoms with Crippen molar-refractivity contribution in [3.8, 4) is 0 Å². The largest absolute Gasteiger partial charge is 0.399 e. The molecule has 0 radical (unpaired) electrons. The van der Waals surface area contributed by atoms with Crippen LogP contribution in [0.1, 0.15) is 19.3 Å². The molecule has 1 aliphatic rings. The van der Waals surface area contributed by atoms with Crippen LogP contribution in [0.3, 0.4) is 0 Å². The van der Waals surface area contributed by atoms with E-state index in [0.29, 0.717) is 0 Å². The molecule has 2 rings (SSSR count). The second-order valence-electron chi connectivity index (χ2n) is 4.72. The Bertz CT molecular complexity index is 619. The third kappa shape index (κ3) is 3.44. The minimum absolute atomic E-state index is 0.107. The number of anilines is 1. The monoisotopic (exact) mass is 304 g/mol. The summed E-state index contributed by atoms with van der Waals surface area (Å²) in [6.45, 7) is 0. The molecule has 8 heteroatoms. The smallest absolute Gasteiger partial charge is 0.221 e. The first-order valence-electron chi connectivity index (χ1n) is 6.06. The molecule has 3 N–H and O–H groups in total. The summed E-state index contributed by atoms with van der Waals surface area (Å²) in [6, 6.07) is 1.58. The van der Waals surface area contributed by atoms with E-state index in [-0.39, 0.29) is 18.2 Å². The molecule has 1 amide bonds. The zero-order valence-corrected chi connectivity index (χ0v) is 11.3. The van der Waals surface area contributed by atoms with Gasteiger partial charge in [0.1, 0.15) is 16.5 Å². The van der Waals surface area contributed by atoms with Crippen molar-refractivity contribution in [2.75, 3.05) is 11.5 Å². The highest BCUT2D eigenvalue weighted by Crippen LogP contribution is 2.23. The van der Waals surface area contributed by atoms with E-state index in [1.54, 1.807) is 0 Å². The van der Waals surface area contributed by atoms with E-state index in [4.69, 9.17) is 5.73 Å². The fraction of sp³-hybridized carbons (Fsp3) is 0.417. The molecule has 0 aliphatic heterocycles. The summed E-state index contributed by atoms with van der Waals surface area (Å²) in [6.07, 6.45) is 1.42. The van der Waals surface area contributed by atoms with Gasteiger partial charge in [-0.1, -0.05) is 0 Å². The van der Waals surface area contributed by atoms with Gasteiger partial charge in [-0.05, 0) is 25.0 Å². The van der Waals surface area contributed by atoms with Gasteiger partial charge in [-0.15, -0.1) is 0 Å². The Labute approximate surface area is 115 Å². The topological polar surface area (TPSA) is 89.3 Å². The van der Waals surface area contributed by atoms with Crippen molar-refractivity contribution in [3.05, 3.63) is 23.8 Å². The predicted octanol–water partition coefficient (Wildman–Crippen LogP) is 0.989. The van der Waals surface area contributed by atoms with Gasteiger partial charge in [-0.2, -0.15) is 0 Å². The van der Waals surface area contributed by atoms with E-state index in [1.807, 2.05) is 0 Å². The number of carbonyl (C=O) groups excluding carboxylic acids is 1. The maximum absolute atomic E-state index is 13.6. The van der Waals surface area contributed by atoms with Gasteiger partial charge in [0, 0.05) is 18.2 Å². The van der Waals surface area contributed by atoms with Crippen LogP contribution in [0.25, 0.3) is 0 Å². The number of nitrogen functional groups attached to an aromatic ring is 1. The quantitative estimate of drug-likeness (QED) is 0.794. The van der Waals surface area contributed by atoms with E-state index in [9.17, 15) is 22.0 Å². The number of hydrogen-bond donors (Lipinski definition) is 2. The number of hydrogen-bond acceptors (Lipinski definition) is 4. The molecule has 1 aromatic rings. The van der Waals surface area contributed by atoms with Crippen LogP contribution in [0.4, 0.5) is 14.5 Å². The van der Waals surface area contributed by atoms with Crippen LogP contribution in [-0.4, -0.2) is 26.1 Å². The molecule has 1 aliphatic carbocycles. The van der Waals surface area contributed by atoms with Crippen LogP contribution in [0.2, 0.25) is 0 Å². The predicted molar refractivity (Wildman–Crippen MR) is 68.6 cm³/mol. The van der Waals surface area contributed by atoms with Gasteiger partial charge >= 0.3 is 0 Å². The van der Waals surface area contributed by atoms with Crippen molar-refractivity contribution >= 4 is 21.4 Å². The first-order valence-corrected chi connectivity index (χ1v) is 7.71. The summed E-state index contributed by atoms with van der Waals surface area (Å²) in [4.78, 5) is 10.4. The molecule has 0 aromatic heterocycles. The number of nitrogens with one attached hydrogen (secondary N) is 1. The number of sulfone groups is 1. The summed E-state index contributed by atoms with van der Waals surface area (Å²) in [5.74, 6) is -3.58. The standard InChI is InChI=1S/C12H14F2N2O3S/c13-9-5-7(15)6-10(14)12(9)20(18,19)4-3-11(17)16-8-1-2-8/h5-6,8H,1-4,15H2,(H,16,17). The second kappa shape index (κ2) is 5.35. The number of amides is 1. The highest BCUT2D eigenvalue weighted by Gasteiger charge is 2.27. The van der Waals surface area contributed by atoms with Gasteiger partial charge in [0.05, 0.1) is 5.75 Å². The Morgan fingerprint density at radius 3 is 2.35 bits per heavy atom. The van der Waals surface area contributed by atoms with Crippen molar-refractivity contribution < 1.29 is 22.0 Å². The Morgan fingerprint density at radius 1 is 1.30 bits per heavy atom. The molecule has 1 saturated carbocycles. The van der Waals surface area contributed by atoms with Crippen LogP contribution in [-0.2, 0) is 14.6 Å². The zero-order chi connectivity index (χ0) is 14.9. The molecule has 20 heavy (non-hydrogen) atoms. The van der Waals surface area contributed by atoms with E-state index < -0.39 is 38.0 Å². The molecule has 5 nitrogen and oxygen atoms in total. The Hall–Kier alpha value is -1.70. The lowest BCUT2D eigenvalue weighted by atomic mass is 10.3. The lowest BCUT2D eigenvalue weighted by molar-refractivity contribution is -0.120. The fourth-order valence-corrected chi connectivity index (χ4v) is 3.10. The Balaban J connectivity index is 2.11. The lowest BCUT2D eigenvalue weighted by Gasteiger charge is -2.08. The molecular weight excluding hydrogens is 290 g/mol. The summed E-state index contributed by atoms with van der Waals surface area (Å²) in [5.41, 5.74) is 5.01. The SMILES string of the molecule is Nc1cc(F)c(S(=O)(=O)CCC(=O)NC2CC2)c(F)c1. The average molecular weight is 304 g/mol. The number of halogens is 2.